The number of benzene rings is 2. The molecule has 5 nitrogen and oxygen atoms in total. The summed E-state index contributed by atoms with van der Waals surface area (Å²) >= 11 is 0. The zero-order valence-electron chi connectivity index (χ0n) is 12.2. The molecule has 1 saturated heterocycles. The van der Waals surface area contributed by atoms with E-state index in [1.165, 1.54) is 0 Å². The van der Waals surface area contributed by atoms with Crippen LogP contribution in [0, 0.1) is 0 Å². The van der Waals surface area contributed by atoms with Gasteiger partial charge in [0.1, 0.15) is 24.0 Å². The maximum absolute atomic E-state index is 5.85. The van der Waals surface area contributed by atoms with E-state index in [0.29, 0.717) is 12.5 Å². The van der Waals surface area contributed by atoms with E-state index in [-0.39, 0.29) is 6.10 Å². The zero-order chi connectivity index (χ0) is 14.9. The summed E-state index contributed by atoms with van der Waals surface area (Å²) in [7, 11) is 1.89. The van der Waals surface area contributed by atoms with Gasteiger partial charge in [-0.2, -0.15) is 0 Å². The molecule has 0 bridgehead atoms. The van der Waals surface area contributed by atoms with Gasteiger partial charge in [-0.1, -0.05) is 0 Å². The van der Waals surface area contributed by atoms with E-state index in [1.54, 1.807) is 0 Å². The highest BCUT2D eigenvalue weighted by atomic mass is 16.6. The van der Waals surface area contributed by atoms with Gasteiger partial charge in [-0.15, -0.1) is 0 Å². The molecule has 0 unspecified atom stereocenters. The van der Waals surface area contributed by atoms with Crippen LogP contribution in [0.3, 0.4) is 0 Å². The predicted octanol–water partition coefficient (Wildman–Crippen LogP) is 3.31. The van der Waals surface area contributed by atoms with E-state index in [2.05, 4.69) is 10.3 Å². The van der Waals surface area contributed by atoms with Gasteiger partial charge in [0, 0.05) is 24.4 Å². The topological polar surface area (TPSA) is 59.8 Å². The molecule has 0 saturated carbocycles. The van der Waals surface area contributed by atoms with Crippen LogP contribution in [0.2, 0.25) is 0 Å². The average molecular weight is 296 g/mol. The van der Waals surface area contributed by atoms with Crippen LogP contribution >= 0.6 is 0 Å². The second-order valence-corrected chi connectivity index (χ2v) is 5.24. The Labute approximate surface area is 127 Å². The summed E-state index contributed by atoms with van der Waals surface area (Å²) in [5.41, 5.74) is 3.55. The Balaban J connectivity index is 1.60. The van der Waals surface area contributed by atoms with Crippen molar-refractivity contribution in [2.75, 3.05) is 25.6 Å². The quantitative estimate of drug-likeness (QED) is 0.732. The Morgan fingerprint density at radius 3 is 2.77 bits per heavy atom. The van der Waals surface area contributed by atoms with Crippen molar-refractivity contribution in [3.05, 3.63) is 42.5 Å². The summed E-state index contributed by atoms with van der Waals surface area (Å²) in [6.45, 7) is 1.37. The van der Waals surface area contributed by atoms with Gasteiger partial charge in [-0.05, 0) is 36.4 Å². The van der Waals surface area contributed by atoms with E-state index < -0.39 is 0 Å². The van der Waals surface area contributed by atoms with E-state index in [0.717, 1.165) is 34.7 Å². The molecule has 0 aliphatic carbocycles. The van der Waals surface area contributed by atoms with Gasteiger partial charge < -0.3 is 19.2 Å². The summed E-state index contributed by atoms with van der Waals surface area (Å²) < 4.78 is 16.6. The highest BCUT2D eigenvalue weighted by molar-refractivity contribution is 5.77. The molecule has 2 aromatic carbocycles. The number of hydrogen-bond acceptors (Lipinski definition) is 5. The minimum atomic E-state index is 0.242. The van der Waals surface area contributed by atoms with Crippen LogP contribution in [-0.2, 0) is 4.74 Å². The molecular weight excluding hydrogens is 280 g/mol. The molecule has 22 heavy (non-hydrogen) atoms. The Morgan fingerprint density at radius 2 is 2.05 bits per heavy atom. The van der Waals surface area contributed by atoms with Gasteiger partial charge in [-0.25, -0.2) is 4.98 Å². The summed E-state index contributed by atoms with van der Waals surface area (Å²) in [5.74, 6) is 1.39. The predicted molar refractivity (Wildman–Crippen MR) is 84.2 cm³/mol. The summed E-state index contributed by atoms with van der Waals surface area (Å²) in [5, 5.41) is 3.09. The lowest BCUT2D eigenvalue weighted by molar-refractivity contribution is 0.263. The summed E-state index contributed by atoms with van der Waals surface area (Å²) in [4.78, 5) is 4.52. The second kappa shape index (κ2) is 5.35. The van der Waals surface area contributed by atoms with Gasteiger partial charge in [0.05, 0.1) is 6.61 Å². The SMILES string of the molecule is CNc1ccc(-c2nc3ccc(OC[C@H]4CO4)cc3o2)cc1. The molecular formula is C17H16N2O3. The molecule has 1 fully saturated rings. The monoisotopic (exact) mass is 296 g/mol. The Bertz CT molecular complexity index is 791. The van der Waals surface area contributed by atoms with Gasteiger partial charge in [0.25, 0.3) is 0 Å². The van der Waals surface area contributed by atoms with Gasteiger partial charge >= 0.3 is 0 Å². The fourth-order valence-electron chi connectivity index (χ4n) is 2.25. The number of nitrogens with one attached hydrogen (secondary N) is 1. The number of anilines is 1. The molecule has 5 heteroatoms. The standard InChI is InChI=1S/C17H16N2O3/c1-18-12-4-2-11(3-5-12)17-19-15-7-6-13(8-16(15)22-17)20-9-14-10-21-14/h2-8,14,18H,9-10H2,1H3/t14-/m0/s1. The Kier molecular flexibility index (Phi) is 3.20. The van der Waals surface area contributed by atoms with E-state index in [1.807, 2.05) is 49.5 Å². The van der Waals surface area contributed by atoms with Crippen molar-refractivity contribution >= 4 is 16.8 Å². The van der Waals surface area contributed by atoms with Crippen molar-refractivity contribution in [1.29, 1.82) is 0 Å². The lowest BCUT2D eigenvalue weighted by Crippen LogP contribution is -2.03. The molecule has 2 heterocycles. The van der Waals surface area contributed by atoms with Crippen LogP contribution in [0.5, 0.6) is 5.75 Å². The molecule has 1 atom stereocenters. The number of hydrogen-bond donors (Lipinski definition) is 1. The van der Waals surface area contributed by atoms with Crippen molar-refractivity contribution < 1.29 is 13.9 Å². The van der Waals surface area contributed by atoms with Gasteiger partial charge in [0.2, 0.25) is 5.89 Å². The molecule has 0 radical (unpaired) electrons. The van der Waals surface area contributed by atoms with Crippen LogP contribution in [0.25, 0.3) is 22.6 Å². The molecule has 1 aliphatic heterocycles. The van der Waals surface area contributed by atoms with Crippen molar-refractivity contribution in [1.82, 2.24) is 4.98 Å². The van der Waals surface area contributed by atoms with Crippen molar-refractivity contribution in [3.8, 4) is 17.2 Å². The Hall–Kier alpha value is -2.53. The summed E-state index contributed by atoms with van der Waals surface area (Å²) in [6, 6.07) is 13.6. The van der Waals surface area contributed by atoms with Crippen molar-refractivity contribution in [2.24, 2.45) is 0 Å². The number of epoxide rings is 1. The number of nitrogens with zero attached hydrogens (tertiary/aromatic N) is 1. The maximum atomic E-state index is 5.85. The molecule has 0 spiro atoms. The third-order valence-corrected chi connectivity index (χ3v) is 3.62. The van der Waals surface area contributed by atoms with Crippen LogP contribution in [0.4, 0.5) is 5.69 Å². The first kappa shape index (κ1) is 13.2. The number of oxazole rings is 1. The van der Waals surface area contributed by atoms with E-state index >= 15 is 0 Å². The van der Waals surface area contributed by atoms with E-state index in [9.17, 15) is 0 Å². The number of rotatable bonds is 5. The molecule has 4 rings (SSSR count). The third-order valence-electron chi connectivity index (χ3n) is 3.62. The van der Waals surface area contributed by atoms with Gasteiger partial charge in [0.15, 0.2) is 5.58 Å². The molecule has 1 aliphatic rings. The second-order valence-electron chi connectivity index (χ2n) is 5.24. The number of ether oxygens (including phenoxy) is 2. The summed E-state index contributed by atoms with van der Waals surface area (Å²) in [6.07, 6.45) is 0.242. The third kappa shape index (κ3) is 2.63. The van der Waals surface area contributed by atoms with E-state index in [4.69, 9.17) is 13.9 Å². The highest BCUT2D eigenvalue weighted by Gasteiger charge is 2.23. The van der Waals surface area contributed by atoms with Crippen LogP contribution in [-0.4, -0.2) is 31.3 Å². The van der Waals surface area contributed by atoms with Crippen molar-refractivity contribution in [3.63, 3.8) is 0 Å². The lowest BCUT2D eigenvalue weighted by atomic mass is 10.2. The first-order chi connectivity index (χ1) is 10.8. The van der Waals surface area contributed by atoms with Crippen LogP contribution in [0.15, 0.2) is 46.9 Å². The minimum absolute atomic E-state index is 0.242. The minimum Gasteiger partial charge on any atom is -0.491 e. The highest BCUT2D eigenvalue weighted by Crippen LogP contribution is 2.28. The maximum Gasteiger partial charge on any atom is 0.227 e. The molecule has 0 amide bonds. The molecule has 112 valence electrons. The first-order valence-electron chi connectivity index (χ1n) is 7.25. The lowest BCUT2D eigenvalue weighted by Gasteiger charge is -2.02. The molecule has 3 aromatic rings. The number of aromatic nitrogens is 1. The largest absolute Gasteiger partial charge is 0.491 e. The number of fused-ring (bicyclic) bond motifs is 1. The smallest absolute Gasteiger partial charge is 0.227 e. The van der Waals surface area contributed by atoms with Gasteiger partial charge in [-0.3, -0.25) is 0 Å². The van der Waals surface area contributed by atoms with Crippen LogP contribution in [0.1, 0.15) is 0 Å². The first-order valence-corrected chi connectivity index (χ1v) is 7.25. The fourth-order valence-corrected chi connectivity index (χ4v) is 2.25. The molecule has 1 aromatic heterocycles. The molecule has 1 N–H and O–H groups in total. The van der Waals surface area contributed by atoms with Crippen molar-refractivity contribution in [2.45, 2.75) is 6.10 Å². The zero-order valence-corrected chi connectivity index (χ0v) is 12.2. The normalized spacial score (nSPS) is 16.7. The van der Waals surface area contributed by atoms with Crippen LogP contribution < -0.4 is 10.1 Å². The fraction of sp³-hybridized carbons (Fsp3) is 0.235. The average Bonchev–Trinajstić information content (AvgIpc) is 3.30. The Morgan fingerprint density at radius 1 is 1.23 bits per heavy atom.